The molecule has 0 amide bonds. The number of hydrogen-bond acceptors (Lipinski definition) is 4. The fraction of sp³-hybridized carbons (Fsp3) is 0.800. The third kappa shape index (κ3) is 4.47. The number of halogens is 1. The van der Waals surface area contributed by atoms with Crippen LogP contribution in [0, 0.1) is 0 Å². The maximum absolute atomic E-state index is 4.17. The van der Waals surface area contributed by atoms with Crippen molar-refractivity contribution in [2.24, 2.45) is 0 Å². The van der Waals surface area contributed by atoms with E-state index in [0.717, 1.165) is 22.1 Å². The van der Waals surface area contributed by atoms with E-state index in [1.54, 1.807) is 11.3 Å². The van der Waals surface area contributed by atoms with Gasteiger partial charge in [-0.15, -0.1) is 10.2 Å². The highest BCUT2D eigenvalue weighted by molar-refractivity contribution is 9.11. The highest BCUT2D eigenvalue weighted by Crippen LogP contribution is 2.24. The van der Waals surface area contributed by atoms with Gasteiger partial charge in [0.1, 0.15) is 0 Å². The van der Waals surface area contributed by atoms with E-state index in [-0.39, 0.29) is 0 Å². The number of unbranched alkanes of at least 4 members (excludes halogenated alkanes) is 2. The second-order valence-corrected chi connectivity index (χ2v) is 5.76. The van der Waals surface area contributed by atoms with Gasteiger partial charge in [0.25, 0.3) is 0 Å². The molecule has 0 aromatic carbocycles. The summed E-state index contributed by atoms with van der Waals surface area (Å²) in [6, 6.07) is 0. The molecule has 0 unspecified atom stereocenters. The molecule has 0 N–H and O–H groups in total. The van der Waals surface area contributed by atoms with E-state index in [4.69, 9.17) is 0 Å². The maximum Gasteiger partial charge on any atom is 0.209 e. The Kier molecular flexibility index (Phi) is 6.17. The Bertz CT molecular complexity index is 269. The molecular weight excluding hydrogens is 274 g/mol. The van der Waals surface area contributed by atoms with E-state index in [9.17, 15) is 0 Å². The molecule has 15 heavy (non-hydrogen) atoms. The third-order valence-electron chi connectivity index (χ3n) is 2.22. The van der Waals surface area contributed by atoms with Gasteiger partial charge in [-0.05, 0) is 28.8 Å². The van der Waals surface area contributed by atoms with Crippen LogP contribution >= 0.6 is 27.3 Å². The van der Waals surface area contributed by atoms with Crippen molar-refractivity contribution in [3.8, 4) is 0 Å². The Morgan fingerprint density at radius 2 is 1.73 bits per heavy atom. The van der Waals surface area contributed by atoms with E-state index in [0.29, 0.717) is 0 Å². The molecule has 5 heteroatoms. The Labute approximate surface area is 104 Å². The quantitative estimate of drug-likeness (QED) is 0.767. The van der Waals surface area contributed by atoms with Gasteiger partial charge in [0.2, 0.25) is 5.13 Å². The van der Waals surface area contributed by atoms with E-state index in [2.05, 4.69) is 44.9 Å². The van der Waals surface area contributed by atoms with Gasteiger partial charge in [-0.2, -0.15) is 0 Å². The van der Waals surface area contributed by atoms with Crippen LogP contribution in [0.25, 0.3) is 0 Å². The zero-order chi connectivity index (χ0) is 11.1. The second-order valence-electron chi connectivity index (χ2n) is 3.53. The molecule has 1 aromatic rings. The average Bonchev–Trinajstić information content (AvgIpc) is 2.65. The summed E-state index contributed by atoms with van der Waals surface area (Å²) >= 11 is 4.97. The monoisotopic (exact) mass is 291 g/mol. The van der Waals surface area contributed by atoms with Gasteiger partial charge in [0, 0.05) is 13.1 Å². The topological polar surface area (TPSA) is 29.0 Å². The summed E-state index contributed by atoms with van der Waals surface area (Å²) in [5, 5.41) is 9.21. The van der Waals surface area contributed by atoms with Crippen molar-refractivity contribution in [3.63, 3.8) is 0 Å². The van der Waals surface area contributed by atoms with Gasteiger partial charge >= 0.3 is 0 Å². The molecular formula is C10H18BrN3S. The third-order valence-corrected chi connectivity index (χ3v) is 3.64. The van der Waals surface area contributed by atoms with Crippen LogP contribution in [0.15, 0.2) is 3.92 Å². The second kappa shape index (κ2) is 7.17. The molecule has 0 radical (unpaired) electrons. The Balaban J connectivity index is 2.54. The SMILES string of the molecule is CCCCN(CCCC)c1nnc(Br)s1. The number of hydrogen-bond donors (Lipinski definition) is 0. The van der Waals surface area contributed by atoms with Crippen LogP contribution in [-0.2, 0) is 0 Å². The molecule has 1 rings (SSSR count). The normalized spacial score (nSPS) is 10.6. The van der Waals surface area contributed by atoms with E-state index in [1.807, 2.05) is 0 Å². The number of nitrogens with zero attached hydrogens (tertiary/aromatic N) is 3. The molecule has 0 aliphatic carbocycles. The maximum atomic E-state index is 4.17. The molecule has 86 valence electrons. The first kappa shape index (κ1) is 12.9. The minimum Gasteiger partial charge on any atom is -0.347 e. The minimum atomic E-state index is 0.871. The van der Waals surface area contributed by atoms with Gasteiger partial charge in [0.05, 0.1) is 0 Å². The lowest BCUT2D eigenvalue weighted by Crippen LogP contribution is -2.25. The van der Waals surface area contributed by atoms with Crippen LogP contribution < -0.4 is 4.90 Å². The summed E-state index contributed by atoms with van der Waals surface area (Å²) in [6.45, 7) is 6.62. The summed E-state index contributed by atoms with van der Waals surface area (Å²) in [4.78, 5) is 2.34. The molecule has 0 atom stereocenters. The molecule has 1 aromatic heterocycles. The predicted octanol–water partition coefficient (Wildman–Crippen LogP) is 3.71. The lowest BCUT2D eigenvalue weighted by Gasteiger charge is -2.20. The van der Waals surface area contributed by atoms with Crippen LogP contribution in [0.5, 0.6) is 0 Å². The lowest BCUT2D eigenvalue weighted by atomic mass is 10.3. The van der Waals surface area contributed by atoms with Crippen molar-refractivity contribution in [2.75, 3.05) is 18.0 Å². The van der Waals surface area contributed by atoms with Crippen LogP contribution in [0.4, 0.5) is 5.13 Å². The summed E-state index contributed by atoms with van der Waals surface area (Å²) in [5.41, 5.74) is 0. The molecule has 3 nitrogen and oxygen atoms in total. The summed E-state index contributed by atoms with van der Waals surface area (Å²) < 4.78 is 0.871. The van der Waals surface area contributed by atoms with Crippen molar-refractivity contribution in [3.05, 3.63) is 3.92 Å². The van der Waals surface area contributed by atoms with Gasteiger partial charge in [-0.25, -0.2) is 0 Å². The van der Waals surface area contributed by atoms with Crippen molar-refractivity contribution in [1.29, 1.82) is 0 Å². The highest BCUT2D eigenvalue weighted by Gasteiger charge is 2.10. The Morgan fingerprint density at radius 1 is 1.13 bits per heavy atom. The first-order chi connectivity index (χ1) is 7.27. The highest BCUT2D eigenvalue weighted by atomic mass is 79.9. The first-order valence-electron chi connectivity index (χ1n) is 5.51. The number of anilines is 1. The van der Waals surface area contributed by atoms with Crippen molar-refractivity contribution < 1.29 is 0 Å². The minimum absolute atomic E-state index is 0.871. The molecule has 0 aliphatic rings. The summed E-state index contributed by atoms with van der Waals surface area (Å²) in [6.07, 6.45) is 4.90. The van der Waals surface area contributed by atoms with E-state index < -0.39 is 0 Å². The first-order valence-corrected chi connectivity index (χ1v) is 7.12. The summed E-state index contributed by atoms with van der Waals surface area (Å²) in [7, 11) is 0. The number of rotatable bonds is 7. The average molecular weight is 292 g/mol. The fourth-order valence-electron chi connectivity index (χ4n) is 1.33. The fourth-order valence-corrected chi connectivity index (χ4v) is 2.47. The van der Waals surface area contributed by atoms with Crippen LogP contribution in [0.3, 0.4) is 0 Å². The Hall–Kier alpha value is -0.160. The standard InChI is InChI=1S/C10H18BrN3S/c1-3-5-7-14(8-6-4-2)10-13-12-9(11)15-10/h3-8H2,1-2H3. The van der Waals surface area contributed by atoms with E-state index in [1.165, 1.54) is 25.7 Å². The summed E-state index contributed by atoms with van der Waals surface area (Å²) in [5.74, 6) is 0. The molecule has 0 spiro atoms. The largest absolute Gasteiger partial charge is 0.347 e. The molecule has 1 heterocycles. The molecule has 0 aliphatic heterocycles. The van der Waals surface area contributed by atoms with Crippen LogP contribution in [0.2, 0.25) is 0 Å². The number of aromatic nitrogens is 2. The molecule has 0 bridgehead atoms. The smallest absolute Gasteiger partial charge is 0.209 e. The zero-order valence-electron chi connectivity index (χ0n) is 9.37. The van der Waals surface area contributed by atoms with Crippen molar-refractivity contribution >= 4 is 32.4 Å². The van der Waals surface area contributed by atoms with Gasteiger partial charge in [-0.3, -0.25) is 0 Å². The van der Waals surface area contributed by atoms with Gasteiger partial charge < -0.3 is 4.90 Å². The molecule has 0 saturated carbocycles. The molecule has 0 fully saturated rings. The molecule has 0 saturated heterocycles. The van der Waals surface area contributed by atoms with Gasteiger partial charge in [0.15, 0.2) is 3.92 Å². The zero-order valence-corrected chi connectivity index (χ0v) is 11.8. The van der Waals surface area contributed by atoms with Gasteiger partial charge in [-0.1, -0.05) is 38.0 Å². The van der Waals surface area contributed by atoms with Crippen LogP contribution in [-0.4, -0.2) is 23.3 Å². The van der Waals surface area contributed by atoms with Crippen molar-refractivity contribution in [2.45, 2.75) is 39.5 Å². The predicted molar refractivity (Wildman–Crippen MR) is 69.6 cm³/mol. The van der Waals surface area contributed by atoms with Crippen LogP contribution in [0.1, 0.15) is 39.5 Å². The van der Waals surface area contributed by atoms with Crippen molar-refractivity contribution in [1.82, 2.24) is 10.2 Å². The van der Waals surface area contributed by atoms with E-state index >= 15 is 0 Å². The Morgan fingerprint density at radius 3 is 2.13 bits per heavy atom. The lowest BCUT2D eigenvalue weighted by molar-refractivity contribution is 0.673.